The number of hydrogen-bond donors (Lipinski definition) is 3. The van der Waals surface area contributed by atoms with E-state index in [0.29, 0.717) is 31.3 Å². The maximum Gasteiger partial charge on any atom is 0.183 e. The molecular weight excluding hydrogens is 370 g/mol. The first-order valence-electron chi connectivity index (χ1n) is 9.24. The molecule has 0 aliphatic rings. The van der Waals surface area contributed by atoms with Crippen LogP contribution in [0.1, 0.15) is 5.56 Å². The Kier molecular flexibility index (Phi) is 5.63. The van der Waals surface area contributed by atoms with E-state index >= 15 is 0 Å². The number of nitrogens with zero attached hydrogens (tertiary/aromatic N) is 6. The molecule has 10 heteroatoms. The second kappa shape index (κ2) is 8.67. The molecule has 4 heterocycles. The van der Waals surface area contributed by atoms with Crippen molar-refractivity contribution in [3.05, 3.63) is 54.7 Å². The lowest BCUT2D eigenvalue weighted by Gasteiger charge is -2.12. The third-order valence-corrected chi connectivity index (χ3v) is 4.39. The molecule has 0 amide bonds. The van der Waals surface area contributed by atoms with E-state index in [1.165, 1.54) is 0 Å². The zero-order chi connectivity index (χ0) is 20.1. The zero-order valence-corrected chi connectivity index (χ0v) is 16.3. The normalized spacial score (nSPS) is 11.1. The van der Waals surface area contributed by atoms with Crippen molar-refractivity contribution >= 4 is 17.2 Å². The number of ether oxygens (including phenoxy) is 1. The van der Waals surface area contributed by atoms with Gasteiger partial charge in [-0.3, -0.25) is 4.68 Å². The summed E-state index contributed by atoms with van der Waals surface area (Å²) in [6, 6.07) is 6.08. The standard InChI is InChI=1S/C19H23N9O/c1-20-26-19-18(21-10-14-4-6-28-16(9-14)3-5-23-28)25-17(12-22-19)15-11-24-27(13-15)7-8-29-2/h3-6,9,11-13,20H,7-8,10H2,1-2H3,(H,21,25)(H,22,26). The maximum atomic E-state index is 5.10. The van der Waals surface area contributed by atoms with Crippen LogP contribution in [0.25, 0.3) is 16.8 Å². The van der Waals surface area contributed by atoms with Crippen LogP contribution in [0.4, 0.5) is 11.6 Å². The topological polar surface area (TPSA) is 106 Å². The largest absolute Gasteiger partial charge is 0.383 e. The van der Waals surface area contributed by atoms with Gasteiger partial charge in [-0.05, 0) is 23.8 Å². The summed E-state index contributed by atoms with van der Waals surface area (Å²) < 4.78 is 8.76. The first-order valence-corrected chi connectivity index (χ1v) is 9.24. The number of fused-ring (bicyclic) bond motifs is 1. The van der Waals surface area contributed by atoms with Crippen molar-refractivity contribution in [1.82, 2.24) is 34.8 Å². The third-order valence-electron chi connectivity index (χ3n) is 4.39. The summed E-state index contributed by atoms with van der Waals surface area (Å²) >= 11 is 0. The summed E-state index contributed by atoms with van der Waals surface area (Å²) in [7, 11) is 3.46. The van der Waals surface area contributed by atoms with Crippen LogP contribution < -0.4 is 16.2 Å². The first-order chi connectivity index (χ1) is 14.3. The van der Waals surface area contributed by atoms with Gasteiger partial charge in [0.15, 0.2) is 11.6 Å². The van der Waals surface area contributed by atoms with Gasteiger partial charge in [0.05, 0.1) is 36.8 Å². The molecule has 4 rings (SSSR count). The van der Waals surface area contributed by atoms with Gasteiger partial charge in [-0.1, -0.05) is 0 Å². The molecule has 3 N–H and O–H groups in total. The fourth-order valence-corrected chi connectivity index (χ4v) is 2.93. The minimum absolute atomic E-state index is 0.602. The Bertz CT molecular complexity index is 1090. The van der Waals surface area contributed by atoms with Crippen LogP contribution in [-0.2, 0) is 17.8 Å². The minimum atomic E-state index is 0.602. The van der Waals surface area contributed by atoms with Gasteiger partial charge in [0, 0.05) is 44.9 Å². The Morgan fingerprint density at radius 3 is 2.93 bits per heavy atom. The summed E-state index contributed by atoms with van der Waals surface area (Å²) in [5.41, 5.74) is 9.71. The summed E-state index contributed by atoms with van der Waals surface area (Å²) in [5.74, 6) is 1.27. The Labute approximate surface area is 167 Å². The van der Waals surface area contributed by atoms with E-state index in [-0.39, 0.29) is 0 Å². The molecule has 0 saturated heterocycles. The summed E-state index contributed by atoms with van der Waals surface area (Å²) in [5, 5.41) is 11.9. The Hall–Kier alpha value is -3.50. The van der Waals surface area contributed by atoms with E-state index in [1.807, 2.05) is 33.7 Å². The van der Waals surface area contributed by atoms with Crippen LogP contribution in [0.2, 0.25) is 0 Å². The molecule has 0 bridgehead atoms. The van der Waals surface area contributed by atoms with E-state index in [1.54, 1.807) is 32.7 Å². The summed E-state index contributed by atoms with van der Waals surface area (Å²) in [6.45, 7) is 1.89. The molecule has 0 aliphatic carbocycles. The van der Waals surface area contributed by atoms with Crippen molar-refractivity contribution in [2.75, 3.05) is 31.5 Å². The van der Waals surface area contributed by atoms with Crippen molar-refractivity contribution in [1.29, 1.82) is 0 Å². The van der Waals surface area contributed by atoms with Gasteiger partial charge < -0.3 is 15.5 Å². The fourth-order valence-electron chi connectivity index (χ4n) is 2.93. The predicted octanol–water partition coefficient (Wildman–Crippen LogP) is 1.79. The Morgan fingerprint density at radius 2 is 2.07 bits per heavy atom. The van der Waals surface area contributed by atoms with Crippen molar-refractivity contribution in [2.45, 2.75) is 13.1 Å². The SMILES string of the molecule is CNNc1ncc(-c2cnn(CCOC)c2)nc1NCc1ccn2nccc2c1. The van der Waals surface area contributed by atoms with Crippen LogP contribution in [-0.4, -0.2) is 50.1 Å². The van der Waals surface area contributed by atoms with Crippen molar-refractivity contribution in [2.24, 2.45) is 0 Å². The van der Waals surface area contributed by atoms with Gasteiger partial charge >= 0.3 is 0 Å². The highest BCUT2D eigenvalue weighted by Crippen LogP contribution is 2.23. The number of pyridine rings is 1. The molecule has 0 spiro atoms. The molecule has 0 unspecified atom stereocenters. The van der Waals surface area contributed by atoms with Crippen molar-refractivity contribution in [3.8, 4) is 11.3 Å². The van der Waals surface area contributed by atoms with E-state index < -0.39 is 0 Å². The van der Waals surface area contributed by atoms with Gasteiger partial charge in [0.25, 0.3) is 0 Å². The number of aromatic nitrogens is 6. The van der Waals surface area contributed by atoms with Gasteiger partial charge in [0.1, 0.15) is 0 Å². The second-order valence-electron chi connectivity index (χ2n) is 6.40. The lowest BCUT2D eigenvalue weighted by atomic mass is 10.2. The molecule has 4 aromatic heterocycles. The third kappa shape index (κ3) is 4.33. The van der Waals surface area contributed by atoms with Crippen LogP contribution in [0.3, 0.4) is 0 Å². The highest BCUT2D eigenvalue weighted by Gasteiger charge is 2.11. The quantitative estimate of drug-likeness (QED) is 0.370. The molecular formula is C19H23N9O. The van der Waals surface area contributed by atoms with Crippen LogP contribution in [0, 0.1) is 0 Å². The molecule has 4 aromatic rings. The molecule has 0 radical (unpaired) electrons. The molecule has 150 valence electrons. The predicted molar refractivity (Wildman–Crippen MR) is 110 cm³/mol. The number of methoxy groups -OCH3 is 1. The molecule has 0 fully saturated rings. The lowest BCUT2D eigenvalue weighted by Crippen LogP contribution is -2.18. The van der Waals surface area contributed by atoms with Gasteiger partial charge in [-0.2, -0.15) is 10.2 Å². The van der Waals surface area contributed by atoms with Crippen LogP contribution in [0.5, 0.6) is 0 Å². The number of anilines is 2. The average molecular weight is 393 g/mol. The first kappa shape index (κ1) is 18.8. The number of hydrazine groups is 1. The van der Waals surface area contributed by atoms with Crippen LogP contribution in [0.15, 0.2) is 49.2 Å². The molecule has 29 heavy (non-hydrogen) atoms. The number of nitrogens with one attached hydrogen (secondary N) is 3. The van der Waals surface area contributed by atoms with E-state index in [4.69, 9.17) is 9.72 Å². The molecule has 0 atom stereocenters. The van der Waals surface area contributed by atoms with E-state index in [2.05, 4.69) is 37.4 Å². The number of hydrogen-bond acceptors (Lipinski definition) is 8. The maximum absolute atomic E-state index is 5.10. The van der Waals surface area contributed by atoms with Gasteiger partial charge in [-0.25, -0.2) is 19.9 Å². The minimum Gasteiger partial charge on any atom is -0.383 e. The zero-order valence-electron chi connectivity index (χ0n) is 16.3. The average Bonchev–Trinajstić information content (AvgIpc) is 3.40. The van der Waals surface area contributed by atoms with Gasteiger partial charge in [-0.15, -0.1) is 0 Å². The van der Waals surface area contributed by atoms with Crippen LogP contribution >= 0.6 is 0 Å². The van der Waals surface area contributed by atoms with E-state index in [9.17, 15) is 0 Å². The monoisotopic (exact) mass is 393 g/mol. The second-order valence-corrected chi connectivity index (χ2v) is 6.40. The molecule has 0 saturated carbocycles. The Balaban J connectivity index is 1.55. The number of rotatable bonds is 9. The highest BCUT2D eigenvalue weighted by atomic mass is 16.5. The Morgan fingerprint density at radius 1 is 1.14 bits per heavy atom. The van der Waals surface area contributed by atoms with Gasteiger partial charge in [0.2, 0.25) is 0 Å². The summed E-state index contributed by atoms with van der Waals surface area (Å²) in [4.78, 5) is 9.24. The van der Waals surface area contributed by atoms with Crippen molar-refractivity contribution in [3.63, 3.8) is 0 Å². The molecule has 0 aromatic carbocycles. The molecule has 0 aliphatic heterocycles. The van der Waals surface area contributed by atoms with Crippen molar-refractivity contribution < 1.29 is 4.74 Å². The summed E-state index contributed by atoms with van der Waals surface area (Å²) in [6.07, 6.45) is 9.16. The lowest BCUT2D eigenvalue weighted by molar-refractivity contribution is 0.183. The smallest absolute Gasteiger partial charge is 0.183 e. The molecule has 10 nitrogen and oxygen atoms in total. The highest BCUT2D eigenvalue weighted by molar-refractivity contribution is 5.66. The van der Waals surface area contributed by atoms with E-state index in [0.717, 1.165) is 22.3 Å². The fraction of sp³-hybridized carbons (Fsp3) is 0.263.